The van der Waals surface area contributed by atoms with Crippen molar-refractivity contribution in [1.29, 1.82) is 0 Å². The maximum atomic E-state index is 13.3. The molecule has 3 rings (SSSR count). The average molecular weight is 517 g/mol. The summed E-state index contributed by atoms with van der Waals surface area (Å²) in [6.07, 6.45) is 5.16. The van der Waals surface area contributed by atoms with Crippen LogP contribution in [0.2, 0.25) is 0 Å². The zero-order valence-electron chi connectivity index (χ0n) is 19.6. The molecule has 1 aliphatic rings. The van der Waals surface area contributed by atoms with Gasteiger partial charge in [0.05, 0.1) is 14.2 Å². The molecule has 178 valence electrons. The Kier molecular flexibility index (Phi) is 9.18. The molecule has 2 amide bonds. The van der Waals surface area contributed by atoms with Crippen molar-refractivity contribution in [2.45, 2.75) is 64.1 Å². The molecule has 7 heteroatoms. The number of amides is 2. The molecule has 0 spiro atoms. The predicted octanol–water partition coefficient (Wildman–Crippen LogP) is 4.88. The van der Waals surface area contributed by atoms with Crippen LogP contribution in [0.1, 0.15) is 50.2 Å². The van der Waals surface area contributed by atoms with E-state index in [2.05, 4.69) is 21.2 Å². The van der Waals surface area contributed by atoms with Gasteiger partial charge in [-0.1, -0.05) is 47.0 Å². The largest absolute Gasteiger partial charge is 0.493 e. The summed E-state index contributed by atoms with van der Waals surface area (Å²) < 4.78 is 11.6. The van der Waals surface area contributed by atoms with E-state index in [1.165, 1.54) is 0 Å². The Morgan fingerprint density at radius 2 is 1.67 bits per heavy atom. The maximum absolute atomic E-state index is 13.3. The second-order valence-corrected chi connectivity index (χ2v) is 9.42. The molecule has 1 atom stereocenters. The molecule has 1 fully saturated rings. The molecule has 0 saturated heterocycles. The third kappa shape index (κ3) is 6.97. The van der Waals surface area contributed by atoms with Crippen molar-refractivity contribution in [2.24, 2.45) is 0 Å². The molecule has 33 heavy (non-hydrogen) atoms. The number of carbonyl (C=O) groups is 2. The van der Waals surface area contributed by atoms with Gasteiger partial charge < -0.3 is 19.7 Å². The highest BCUT2D eigenvalue weighted by molar-refractivity contribution is 9.10. The fourth-order valence-electron chi connectivity index (χ4n) is 4.19. The Morgan fingerprint density at radius 1 is 1.03 bits per heavy atom. The van der Waals surface area contributed by atoms with Crippen LogP contribution in [0.25, 0.3) is 0 Å². The summed E-state index contributed by atoms with van der Waals surface area (Å²) in [6.45, 7) is 2.20. The number of rotatable bonds is 10. The first-order chi connectivity index (χ1) is 15.9. The van der Waals surface area contributed by atoms with Gasteiger partial charge in [0.1, 0.15) is 6.04 Å². The zero-order valence-corrected chi connectivity index (χ0v) is 21.2. The number of aryl methyl sites for hydroxylation is 1. The minimum absolute atomic E-state index is 0.0539. The number of hydrogen-bond donors (Lipinski definition) is 1. The fraction of sp³-hybridized carbons (Fsp3) is 0.462. The lowest BCUT2D eigenvalue weighted by Crippen LogP contribution is -2.49. The Balaban J connectivity index is 1.71. The third-order valence-electron chi connectivity index (χ3n) is 6.21. The van der Waals surface area contributed by atoms with Gasteiger partial charge in [-0.25, -0.2) is 0 Å². The molecular weight excluding hydrogens is 484 g/mol. The predicted molar refractivity (Wildman–Crippen MR) is 132 cm³/mol. The molecule has 1 aliphatic carbocycles. The Morgan fingerprint density at radius 3 is 2.30 bits per heavy atom. The Labute approximate surface area is 204 Å². The number of carbonyl (C=O) groups excluding carboxylic acids is 2. The lowest BCUT2D eigenvalue weighted by Gasteiger charge is -2.30. The van der Waals surface area contributed by atoms with Crippen LogP contribution >= 0.6 is 15.9 Å². The van der Waals surface area contributed by atoms with E-state index in [-0.39, 0.29) is 17.9 Å². The standard InChI is InChI=1S/C26H33BrN2O4/c1-18(26(31)28-22-6-4-5-7-22)29(17-20-8-12-21(27)13-9-20)25(30)15-11-19-10-14-23(32-2)24(16-19)33-3/h8-10,12-14,16,18,22H,4-7,11,15,17H2,1-3H3,(H,28,31). The summed E-state index contributed by atoms with van der Waals surface area (Å²) in [5.41, 5.74) is 1.96. The van der Waals surface area contributed by atoms with Crippen LogP contribution in [0, 0.1) is 0 Å². The minimum atomic E-state index is -0.549. The monoisotopic (exact) mass is 516 g/mol. The molecule has 0 heterocycles. The summed E-state index contributed by atoms with van der Waals surface area (Å²) in [5.74, 6) is 1.15. The Hall–Kier alpha value is -2.54. The molecule has 0 bridgehead atoms. The second kappa shape index (κ2) is 12.1. The quantitative estimate of drug-likeness (QED) is 0.488. The van der Waals surface area contributed by atoms with E-state index < -0.39 is 6.04 Å². The number of ether oxygens (including phenoxy) is 2. The van der Waals surface area contributed by atoms with Gasteiger partial charge in [-0.05, 0) is 61.6 Å². The Bertz CT molecular complexity index is 942. The lowest BCUT2D eigenvalue weighted by molar-refractivity contribution is -0.140. The summed E-state index contributed by atoms with van der Waals surface area (Å²) in [4.78, 5) is 28.0. The van der Waals surface area contributed by atoms with Crippen LogP contribution in [-0.4, -0.2) is 43.0 Å². The molecule has 6 nitrogen and oxygen atoms in total. The van der Waals surface area contributed by atoms with Crippen LogP contribution in [-0.2, 0) is 22.6 Å². The first-order valence-corrected chi connectivity index (χ1v) is 12.3. The van der Waals surface area contributed by atoms with Gasteiger partial charge in [-0.15, -0.1) is 0 Å². The summed E-state index contributed by atoms with van der Waals surface area (Å²) >= 11 is 3.45. The van der Waals surface area contributed by atoms with Crippen LogP contribution in [0.15, 0.2) is 46.9 Å². The smallest absolute Gasteiger partial charge is 0.242 e. The van der Waals surface area contributed by atoms with Gasteiger partial charge in [0.25, 0.3) is 0 Å². The minimum Gasteiger partial charge on any atom is -0.493 e. The van der Waals surface area contributed by atoms with E-state index in [1.54, 1.807) is 19.1 Å². The molecule has 0 radical (unpaired) electrons. The van der Waals surface area contributed by atoms with E-state index in [1.807, 2.05) is 49.4 Å². The number of nitrogens with one attached hydrogen (secondary N) is 1. The van der Waals surface area contributed by atoms with E-state index in [0.717, 1.165) is 41.3 Å². The summed E-state index contributed by atoms with van der Waals surface area (Å²) in [7, 11) is 3.19. The molecular formula is C26H33BrN2O4. The highest BCUT2D eigenvalue weighted by Gasteiger charge is 2.28. The van der Waals surface area contributed by atoms with Crippen molar-refractivity contribution < 1.29 is 19.1 Å². The van der Waals surface area contributed by atoms with Crippen molar-refractivity contribution in [3.05, 3.63) is 58.1 Å². The van der Waals surface area contributed by atoms with E-state index in [4.69, 9.17) is 9.47 Å². The van der Waals surface area contributed by atoms with E-state index >= 15 is 0 Å². The van der Waals surface area contributed by atoms with Crippen LogP contribution in [0.4, 0.5) is 0 Å². The average Bonchev–Trinajstić information content (AvgIpc) is 3.34. The topological polar surface area (TPSA) is 67.9 Å². The molecule has 1 unspecified atom stereocenters. The molecule has 1 N–H and O–H groups in total. The molecule has 0 aromatic heterocycles. The first kappa shape index (κ1) is 25.1. The zero-order chi connectivity index (χ0) is 23.8. The van der Waals surface area contributed by atoms with Crippen molar-refractivity contribution in [3.63, 3.8) is 0 Å². The highest BCUT2D eigenvalue weighted by atomic mass is 79.9. The van der Waals surface area contributed by atoms with Crippen LogP contribution < -0.4 is 14.8 Å². The van der Waals surface area contributed by atoms with Gasteiger partial charge >= 0.3 is 0 Å². The van der Waals surface area contributed by atoms with Crippen LogP contribution in [0.5, 0.6) is 11.5 Å². The second-order valence-electron chi connectivity index (χ2n) is 8.50. The molecule has 0 aliphatic heterocycles. The normalized spacial score (nSPS) is 14.5. The third-order valence-corrected chi connectivity index (χ3v) is 6.74. The van der Waals surface area contributed by atoms with Gasteiger partial charge in [0.2, 0.25) is 11.8 Å². The van der Waals surface area contributed by atoms with Crippen molar-refractivity contribution >= 4 is 27.7 Å². The lowest BCUT2D eigenvalue weighted by atomic mass is 10.1. The van der Waals surface area contributed by atoms with Gasteiger partial charge in [-0.2, -0.15) is 0 Å². The van der Waals surface area contributed by atoms with Crippen LogP contribution in [0.3, 0.4) is 0 Å². The number of nitrogens with zero attached hydrogens (tertiary/aromatic N) is 1. The van der Waals surface area contributed by atoms with Crippen molar-refractivity contribution in [3.8, 4) is 11.5 Å². The molecule has 2 aromatic rings. The maximum Gasteiger partial charge on any atom is 0.242 e. The SMILES string of the molecule is COc1ccc(CCC(=O)N(Cc2ccc(Br)cc2)C(C)C(=O)NC2CCCC2)cc1OC. The van der Waals surface area contributed by atoms with Gasteiger partial charge in [-0.3, -0.25) is 9.59 Å². The number of methoxy groups -OCH3 is 2. The number of halogens is 1. The highest BCUT2D eigenvalue weighted by Crippen LogP contribution is 2.28. The first-order valence-electron chi connectivity index (χ1n) is 11.5. The molecule has 1 saturated carbocycles. The molecule has 2 aromatic carbocycles. The van der Waals surface area contributed by atoms with Gasteiger partial charge in [0, 0.05) is 23.5 Å². The van der Waals surface area contributed by atoms with Crippen molar-refractivity contribution in [2.75, 3.05) is 14.2 Å². The fourth-order valence-corrected chi connectivity index (χ4v) is 4.46. The summed E-state index contributed by atoms with van der Waals surface area (Å²) in [6, 6.07) is 13.2. The number of benzene rings is 2. The van der Waals surface area contributed by atoms with E-state index in [0.29, 0.717) is 30.9 Å². The van der Waals surface area contributed by atoms with E-state index in [9.17, 15) is 9.59 Å². The van der Waals surface area contributed by atoms with Gasteiger partial charge in [0.15, 0.2) is 11.5 Å². The van der Waals surface area contributed by atoms with Crippen molar-refractivity contribution in [1.82, 2.24) is 10.2 Å². The number of hydrogen-bond acceptors (Lipinski definition) is 4. The summed E-state index contributed by atoms with van der Waals surface area (Å²) in [5, 5.41) is 3.14.